The van der Waals surface area contributed by atoms with Gasteiger partial charge in [0.05, 0.1) is 10.5 Å². The average Bonchev–Trinajstić information content (AvgIpc) is 2.74. The number of sulfone groups is 1. The van der Waals surface area contributed by atoms with E-state index in [-0.39, 0.29) is 10.6 Å². The van der Waals surface area contributed by atoms with Crippen LogP contribution in [0.2, 0.25) is 5.02 Å². The van der Waals surface area contributed by atoms with Gasteiger partial charge in [0.2, 0.25) is 0 Å². The van der Waals surface area contributed by atoms with Gasteiger partial charge in [-0.15, -0.1) is 0 Å². The van der Waals surface area contributed by atoms with Crippen LogP contribution in [0.25, 0.3) is 0 Å². The number of halogens is 1. The molecule has 0 aromatic heterocycles. The van der Waals surface area contributed by atoms with Crippen LogP contribution in [0.5, 0.6) is 5.75 Å². The minimum absolute atomic E-state index is 0.0892. The van der Waals surface area contributed by atoms with Crippen LogP contribution in [0.1, 0.15) is 37.5 Å². The van der Waals surface area contributed by atoms with Crippen molar-refractivity contribution in [1.29, 1.82) is 0 Å². The summed E-state index contributed by atoms with van der Waals surface area (Å²) < 4.78 is 29.3. The molecule has 152 valence electrons. The molecule has 0 saturated carbocycles. The molecule has 29 heavy (non-hydrogen) atoms. The molecule has 0 amide bonds. The van der Waals surface area contributed by atoms with Crippen molar-refractivity contribution in [3.05, 3.63) is 58.1 Å². The fraction of sp³-hybridized carbons (Fsp3) is 0.286. The second-order valence-electron chi connectivity index (χ2n) is 7.37. The van der Waals surface area contributed by atoms with Gasteiger partial charge in [0, 0.05) is 16.1 Å². The van der Waals surface area contributed by atoms with E-state index in [1.165, 1.54) is 32.9 Å². The number of benzene rings is 2. The van der Waals surface area contributed by atoms with E-state index in [4.69, 9.17) is 21.4 Å². The van der Waals surface area contributed by atoms with Crippen molar-refractivity contribution in [2.75, 3.05) is 6.61 Å². The van der Waals surface area contributed by atoms with Crippen molar-refractivity contribution >= 4 is 27.4 Å². The van der Waals surface area contributed by atoms with Gasteiger partial charge in [-0.3, -0.25) is 0 Å². The van der Waals surface area contributed by atoms with Gasteiger partial charge >= 0.3 is 5.97 Å². The lowest BCUT2D eigenvalue weighted by atomic mass is 9.84. The maximum atomic E-state index is 12.7. The number of carboxylic acid groups (broad SMARTS) is 1. The predicted molar refractivity (Wildman–Crippen MR) is 108 cm³/mol. The average molecular weight is 435 g/mol. The first-order valence-electron chi connectivity index (χ1n) is 8.65. The first-order chi connectivity index (χ1) is 13.4. The highest BCUT2D eigenvalue weighted by Crippen LogP contribution is 2.50. The number of hydrogen-bond acceptors (Lipinski definition) is 5. The molecule has 8 heteroatoms. The number of hydrogen-bond donors (Lipinski definition) is 2. The van der Waals surface area contributed by atoms with Gasteiger partial charge in [-0.1, -0.05) is 23.4 Å². The van der Waals surface area contributed by atoms with Crippen LogP contribution >= 0.6 is 11.6 Å². The number of fused-ring (bicyclic) bond motifs is 1. The summed E-state index contributed by atoms with van der Waals surface area (Å²) in [5.74, 6) is 4.91. The normalized spacial score (nSPS) is 21.0. The Balaban J connectivity index is 2.04. The summed E-state index contributed by atoms with van der Waals surface area (Å²) in [7, 11) is -3.69. The molecule has 1 heterocycles. The number of rotatable bonds is 3. The summed E-state index contributed by atoms with van der Waals surface area (Å²) in [6.07, 6.45) is 0. The van der Waals surface area contributed by atoms with Crippen LogP contribution in [-0.4, -0.2) is 36.0 Å². The van der Waals surface area contributed by atoms with E-state index in [9.17, 15) is 18.3 Å². The molecule has 0 aliphatic carbocycles. The molecule has 2 aromatic carbocycles. The highest BCUT2D eigenvalue weighted by atomic mass is 35.5. The third-order valence-corrected chi connectivity index (χ3v) is 8.18. The van der Waals surface area contributed by atoms with Crippen LogP contribution < -0.4 is 4.74 Å². The zero-order chi connectivity index (χ0) is 21.6. The van der Waals surface area contributed by atoms with Crippen LogP contribution in [-0.2, 0) is 20.2 Å². The standard InChI is InChI=1S/C21H19ClO6S/c1-20(2)21(3,25)16-10-13(5-9-18(16)29(20,26)27)4-6-14-11-15(22)7-8-17(14)28-12-19(23)24/h5,7-11,25H,12H2,1-3H3,(H,23,24). The molecular formula is C21H19ClO6S. The van der Waals surface area contributed by atoms with Gasteiger partial charge in [-0.05, 0) is 57.2 Å². The van der Waals surface area contributed by atoms with Crippen molar-refractivity contribution in [3.8, 4) is 17.6 Å². The van der Waals surface area contributed by atoms with Gasteiger partial charge < -0.3 is 14.9 Å². The van der Waals surface area contributed by atoms with E-state index in [2.05, 4.69) is 11.8 Å². The Kier molecular flexibility index (Phi) is 5.16. The maximum Gasteiger partial charge on any atom is 0.341 e. The van der Waals surface area contributed by atoms with Crippen LogP contribution in [0.15, 0.2) is 41.3 Å². The SMILES string of the molecule is CC1(O)c2cc(C#Cc3cc(Cl)ccc3OCC(=O)O)ccc2S(=O)(=O)C1(C)C. The van der Waals surface area contributed by atoms with Crippen molar-refractivity contribution in [3.63, 3.8) is 0 Å². The summed E-state index contributed by atoms with van der Waals surface area (Å²) >= 11 is 6.00. The van der Waals surface area contributed by atoms with Crippen molar-refractivity contribution in [2.24, 2.45) is 0 Å². The summed E-state index contributed by atoms with van der Waals surface area (Å²) in [5, 5.41) is 20.1. The molecular weight excluding hydrogens is 416 g/mol. The third kappa shape index (κ3) is 3.48. The van der Waals surface area contributed by atoms with Gasteiger partial charge in [0.1, 0.15) is 16.1 Å². The highest BCUT2D eigenvalue weighted by molar-refractivity contribution is 7.93. The molecule has 3 rings (SSSR count). The number of carbonyl (C=O) groups is 1. The molecule has 1 aliphatic heterocycles. The Morgan fingerprint density at radius 3 is 2.48 bits per heavy atom. The number of ether oxygens (including phenoxy) is 1. The van der Waals surface area contributed by atoms with E-state index in [1.54, 1.807) is 24.3 Å². The van der Waals surface area contributed by atoms with Gasteiger partial charge in [0.25, 0.3) is 0 Å². The van der Waals surface area contributed by atoms with E-state index in [0.717, 1.165) is 0 Å². The van der Waals surface area contributed by atoms with E-state index < -0.39 is 32.8 Å². The van der Waals surface area contributed by atoms with Gasteiger partial charge in [-0.2, -0.15) is 0 Å². The lowest BCUT2D eigenvalue weighted by Gasteiger charge is -2.31. The maximum absolute atomic E-state index is 12.7. The third-order valence-electron chi connectivity index (χ3n) is 5.27. The molecule has 2 aromatic rings. The first kappa shape index (κ1) is 21.2. The zero-order valence-corrected chi connectivity index (χ0v) is 17.6. The molecule has 1 aliphatic rings. The second-order valence-corrected chi connectivity index (χ2v) is 10.3. The molecule has 1 unspecified atom stereocenters. The summed E-state index contributed by atoms with van der Waals surface area (Å²) in [5.41, 5.74) is -0.409. The first-order valence-corrected chi connectivity index (χ1v) is 10.5. The molecule has 0 bridgehead atoms. The molecule has 0 spiro atoms. The predicted octanol–water partition coefficient (Wildman–Crippen LogP) is 2.98. The summed E-state index contributed by atoms with van der Waals surface area (Å²) in [6, 6.07) is 9.18. The Bertz CT molecular complexity index is 1170. The second kappa shape index (κ2) is 7.06. The minimum atomic E-state index is -3.69. The van der Waals surface area contributed by atoms with E-state index >= 15 is 0 Å². The summed E-state index contributed by atoms with van der Waals surface area (Å²) in [4.78, 5) is 10.8. The number of aliphatic hydroxyl groups is 1. The highest BCUT2D eigenvalue weighted by Gasteiger charge is 2.58. The van der Waals surface area contributed by atoms with Crippen molar-refractivity contribution < 1.29 is 28.2 Å². The van der Waals surface area contributed by atoms with Gasteiger partial charge in [0.15, 0.2) is 16.4 Å². The van der Waals surface area contributed by atoms with E-state index in [0.29, 0.717) is 21.7 Å². The van der Waals surface area contributed by atoms with Crippen molar-refractivity contribution in [1.82, 2.24) is 0 Å². The van der Waals surface area contributed by atoms with E-state index in [1.807, 2.05) is 0 Å². The molecule has 0 radical (unpaired) electrons. The largest absolute Gasteiger partial charge is 0.481 e. The Hall–Kier alpha value is -2.53. The molecule has 0 saturated heterocycles. The lowest BCUT2D eigenvalue weighted by molar-refractivity contribution is -0.139. The molecule has 1 atom stereocenters. The van der Waals surface area contributed by atoms with Crippen molar-refractivity contribution in [2.45, 2.75) is 36.0 Å². The monoisotopic (exact) mass is 434 g/mol. The lowest BCUT2D eigenvalue weighted by Crippen LogP contribution is -2.44. The smallest absolute Gasteiger partial charge is 0.341 e. The zero-order valence-electron chi connectivity index (χ0n) is 16.0. The Morgan fingerprint density at radius 1 is 1.14 bits per heavy atom. The van der Waals surface area contributed by atoms with Gasteiger partial charge in [-0.25, -0.2) is 13.2 Å². The fourth-order valence-electron chi connectivity index (χ4n) is 3.09. The quantitative estimate of drug-likeness (QED) is 0.720. The van der Waals surface area contributed by atoms with Crippen LogP contribution in [0.3, 0.4) is 0 Å². The molecule has 2 N–H and O–H groups in total. The van der Waals surface area contributed by atoms with Crippen LogP contribution in [0.4, 0.5) is 0 Å². The minimum Gasteiger partial charge on any atom is -0.481 e. The number of aliphatic carboxylic acids is 1. The fourth-order valence-corrected chi connectivity index (χ4v) is 5.24. The number of carboxylic acids is 1. The summed E-state index contributed by atoms with van der Waals surface area (Å²) in [6.45, 7) is 3.94. The Labute approximate surface area is 174 Å². The molecule has 6 nitrogen and oxygen atoms in total. The molecule has 0 fully saturated rings. The topological polar surface area (TPSA) is 101 Å². The Morgan fingerprint density at radius 2 is 1.83 bits per heavy atom. The van der Waals surface area contributed by atoms with Crippen LogP contribution in [0, 0.1) is 11.8 Å².